The van der Waals surface area contributed by atoms with Crippen molar-refractivity contribution < 1.29 is 19.0 Å². The number of ether oxygens (including phenoxy) is 3. The van der Waals surface area contributed by atoms with E-state index >= 15 is 0 Å². The third-order valence-electron chi connectivity index (χ3n) is 5.43. The van der Waals surface area contributed by atoms with Crippen molar-refractivity contribution in [1.82, 2.24) is 19.9 Å². The zero-order chi connectivity index (χ0) is 21.1. The number of amides is 1. The number of aromatic nitrogens is 3. The molecule has 0 bridgehead atoms. The number of fused-ring (bicyclic) bond motifs is 1. The van der Waals surface area contributed by atoms with Gasteiger partial charge in [-0.2, -0.15) is 0 Å². The third kappa shape index (κ3) is 4.09. The number of nitrogens with two attached hydrogens (primary N) is 1. The van der Waals surface area contributed by atoms with Gasteiger partial charge in [0.2, 0.25) is 17.7 Å². The number of carbonyl (C=O) groups is 1. The van der Waals surface area contributed by atoms with Crippen LogP contribution in [0.2, 0.25) is 0 Å². The number of methoxy groups -OCH3 is 2. The number of anilines is 2. The van der Waals surface area contributed by atoms with Crippen LogP contribution < -0.4 is 20.1 Å². The van der Waals surface area contributed by atoms with Crippen molar-refractivity contribution in [3.63, 3.8) is 0 Å². The molecule has 30 heavy (non-hydrogen) atoms. The van der Waals surface area contributed by atoms with Crippen LogP contribution in [0.25, 0.3) is 0 Å². The van der Waals surface area contributed by atoms with Gasteiger partial charge in [0, 0.05) is 33.0 Å². The summed E-state index contributed by atoms with van der Waals surface area (Å²) in [6.45, 7) is 2.66. The van der Waals surface area contributed by atoms with Gasteiger partial charge < -0.3 is 29.7 Å². The molecule has 0 aromatic carbocycles. The van der Waals surface area contributed by atoms with E-state index in [9.17, 15) is 4.79 Å². The van der Waals surface area contributed by atoms with Crippen LogP contribution in [-0.2, 0) is 22.5 Å². The van der Waals surface area contributed by atoms with Crippen LogP contribution in [0.1, 0.15) is 17.7 Å². The van der Waals surface area contributed by atoms with Crippen molar-refractivity contribution >= 4 is 17.3 Å². The first kappa shape index (κ1) is 20.1. The summed E-state index contributed by atoms with van der Waals surface area (Å²) in [6.07, 6.45) is 4.72. The molecule has 1 fully saturated rings. The van der Waals surface area contributed by atoms with Crippen LogP contribution in [0.3, 0.4) is 0 Å². The Labute approximate surface area is 175 Å². The summed E-state index contributed by atoms with van der Waals surface area (Å²) in [5, 5.41) is 0. The molecule has 1 atom stereocenters. The van der Waals surface area contributed by atoms with Gasteiger partial charge in [0.25, 0.3) is 0 Å². The van der Waals surface area contributed by atoms with Crippen LogP contribution >= 0.6 is 0 Å². The minimum absolute atomic E-state index is 0.0240. The summed E-state index contributed by atoms with van der Waals surface area (Å²) < 4.78 is 16.3. The molecule has 0 saturated carbocycles. The van der Waals surface area contributed by atoms with E-state index in [0.717, 1.165) is 36.3 Å². The van der Waals surface area contributed by atoms with Crippen molar-refractivity contribution in [3.8, 4) is 11.8 Å². The van der Waals surface area contributed by atoms with E-state index in [1.165, 1.54) is 7.11 Å². The first-order valence-electron chi connectivity index (χ1n) is 9.89. The molecule has 1 saturated heterocycles. The van der Waals surface area contributed by atoms with E-state index in [4.69, 9.17) is 19.9 Å². The van der Waals surface area contributed by atoms with E-state index in [2.05, 4.69) is 19.9 Å². The average Bonchev–Trinajstić information content (AvgIpc) is 3.22. The molecule has 0 radical (unpaired) electrons. The number of hydrogen-bond acceptors (Lipinski definition) is 9. The fraction of sp³-hybridized carbons (Fsp3) is 0.500. The Hall–Kier alpha value is -3.14. The lowest BCUT2D eigenvalue weighted by molar-refractivity contribution is -0.134. The normalized spacial score (nSPS) is 18.3. The van der Waals surface area contributed by atoms with E-state index in [1.807, 2.05) is 6.07 Å². The molecule has 4 heterocycles. The highest BCUT2D eigenvalue weighted by Gasteiger charge is 2.30. The Morgan fingerprint density at radius 1 is 1.23 bits per heavy atom. The van der Waals surface area contributed by atoms with Gasteiger partial charge in [0.05, 0.1) is 49.0 Å². The average molecular weight is 414 g/mol. The molecular formula is C20H26N6O4. The monoisotopic (exact) mass is 414 g/mol. The lowest BCUT2D eigenvalue weighted by Crippen LogP contribution is -2.34. The van der Waals surface area contributed by atoms with Gasteiger partial charge in [-0.25, -0.2) is 15.0 Å². The van der Waals surface area contributed by atoms with Gasteiger partial charge in [0.1, 0.15) is 19.0 Å². The third-order valence-corrected chi connectivity index (χ3v) is 5.43. The summed E-state index contributed by atoms with van der Waals surface area (Å²) >= 11 is 0. The number of carbonyl (C=O) groups excluding carboxylic acids is 1. The molecule has 2 aliphatic heterocycles. The topological polar surface area (TPSA) is 116 Å². The van der Waals surface area contributed by atoms with E-state index in [1.54, 1.807) is 24.5 Å². The maximum atomic E-state index is 12.0. The number of pyridine rings is 1. The highest BCUT2D eigenvalue weighted by molar-refractivity contribution is 5.77. The second kappa shape index (κ2) is 8.70. The predicted molar refractivity (Wildman–Crippen MR) is 109 cm³/mol. The maximum Gasteiger partial charge on any atom is 0.248 e. The fourth-order valence-electron chi connectivity index (χ4n) is 3.86. The molecule has 4 rings (SSSR count). The van der Waals surface area contributed by atoms with Crippen LogP contribution in [0.5, 0.6) is 11.8 Å². The number of hydrogen-bond donors (Lipinski definition) is 1. The minimum atomic E-state index is -0.0986. The number of rotatable bonds is 6. The van der Waals surface area contributed by atoms with Crippen molar-refractivity contribution in [2.75, 3.05) is 51.1 Å². The summed E-state index contributed by atoms with van der Waals surface area (Å²) in [7, 11) is 3.07. The predicted octanol–water partition coefficient (Wildman–Crippen LogP) is 0.651. The molecule has 2 aromatic heterocycles. The number of likely N-dealkylation sites (tertiary alicyclic amines) is 1. The molecule has 2 aromatic rings. The van der Waals surface area contributed by atoms with Crippen molar-refractivity contribution in [2.45, 2.75) is 25.5 Å². The highest BCUT2D eigenvalue weighted by Crippen LogP contribution is 2.31. The van der Waals surface area contributed by atoms with Crippen LogP contribution in [-0.4, -0.2) is 72.3 Å². The van der Waals surface area contributed by atoms with Crippen LogP contribution in [0, 0.1) is 0 Å². The first-order valence-corrected chi connectivity index (χ1v) is 9.89. The zero-order valence-corrected chi connectivity index (χ0v) is 17.2. The summed E-state index contributed by atoms with van der Waals surface area (Å²) in [5.74, 6) is 0.964. The number of nitrogens with zero attached hydrogens (tertiary/aromatic N) is 5. The largest absolute Gasteiger partial charge is 0.480 e. The standard InChI is InChI=1S/C20H26N6O4/c1-28-11-18(27)26-5-3-14(9-26)30-19-15-10-25(6-4-17(15)23-12-24-19)13-7-16(21)20(29-2)22-8-13/h7-8,12,14H,3-6,9-11,21H2,1-2H3/t14-/m0/s1. The number of nitrogen functional groups attached to an aromatic ring is 1. The molecule has 160 valence electrons. The van der Waals surface area contributed by atoms with Gasteiger partial charge in [-0.15, -0.1) is 0 Å². The van der Waals surface area contributed by atoms with Crippen LogP contribution in [0.4, 0.5) is 11.4 Å². The van der Waals surface area contributed by atoms with Crippen molar-refractivity contribution in [1.29, 1.82) is 0 Å². The first-order chi connectivity index (χ1) is 14.6. The lowest BCUT2D eigenvalue weighted by Gasteiger charge is -2.31. The molecule has 10 nitrogen and oxygen atoms in total. The summed E-state index contributed by atoms with van der Waals surface area (Å²) in [4.78, 5) is 29.1. The van der Waals surface area contributed by atoms with Gasteiger partial charge in [-0.05, 0) is 6.07 Å². The van der Waals surface area contributed by atoms with Crippen molar-refractivity contribution in [3.05, 3.63) is 29.8 Å². The summed E-state index contributed by atoms with van der Waals surface area (Å²) in [5.41, 5.74) is 9.37. The molecule has 1 amide bonds. The molecule has 0 unspecified atom stereocenters. The zero-order valence-electron chi connectivity index (χ0n) is 17.2. The fourth-order valence-corrected chi connectivity index (χ4v) is 3.86. The highest BCUT2D eigenvalue weighted by atomic mass is 16.5. The SMILES string of the molecule is COCC(=O)N1CC[C@H](Oc2ncnc3c2CN(c2cnc(OC)c(N)c2)CC3)C1. The molecule has 2 aliphatic rings. The second-order valence-corrected chi connectivity index (χ2v) is 7.37. The van der Waals surface area contributed by atoms with Gasteiger partial charge in [0.15, 0.2) is 0 Å². The minimum Gasteiger partial charge on any atom is -0.480 e. The smallest absolute Gasteiger partial charge is 0.248 e. The van der Waals surface area contributed by atoms with E-state index in [0.29, 0.717) is 37.1 Å². The van der Waals surface area contributed by atoms with Gasteiger partial charge in [-0.1, -0.05) is 0 Å². The Morgan fingerprint density at radius 2 is 2.10 bits per heavy atom. The van der Waals surface area contributed by atoms with Gasteiger partial charge >= 0.3 is 0 Å². The van der Waals surface area contributed by atoms with Gasteiger partial charge in [-0.3, -0.25) is 4.79 Å². The van der Waals surface area contributed by atoms with E-state index in [-0.39, 0.29) is 18.6 Å². The summed E-state index contributed by atoms with van der Waals surface area (Å²) in [6, 6.07) is 1.86. The Bertz CT molecular complexity index is 924. The van der Waals surface area contributed by atoms with Crippen LogP contribution in [0.15, 0.2) is 18.6 Å². The molecule has 10 heteroatoms. The lowest BCUT2D eigenvalue weighted by atomic mass is 10.1. The Kier molecular flexibility index (Phi) is 5.84. The Morgan fingerprint density at radius 3 is 2.87 bits per heavy atom. The second-order valence-electron chi connectivity index (χ2n) is 7.37. The van der Waals surface area contributed by atoms with E-state index < -0.39 is 0 Å². The molecule has 0 aliphatic carbocycles. The van der Waals surface area contributed by atoms with Crippen molar-refractivity contribution in [2.24, 2.45) is 0 Å². The molecular weight excluding hydrogens is 388 g/mol. The molecule has 0 spiro atoms. The maximum absolute atomic E-state index is 12.0. The Balaban J connectivity index is 1.48. The molecule has 2 N–H and O–H groups in total. The quantitative estimate of drug-likeness (QED) is 0.727.